The van der Waals surface area contributed by atoms with Gasteiger partial charge in [-0.05, 0) is 48.9 Å². The van der Waals surface area contributed by atoms with Crippen LogP contribution in [0.15, 0.2) is 42.5 Å². The number of hydrogen-bond acceptors (Lipinski definition) is 2. The fourth-order valence-electron chi connectivity index (χ4n) is 2.95. The third-order valence-corrected chi connectivity index (χ3v) is 4.67. The zero-order chi connectivity index (χ0) is 20.9. The standard InChI is InChI=1S/C25H29FO3/c1-2-3-4-5-6-7-8-9-18-29-24-17-14-21(19-23(24)26)11-10-20-12-15-22(16-13-20)25(27)28/h12-17,19H,2-9,18H2,1H3,(H,27,28). The average Bonchev–Trinajstić information content (AvgIpc) is 2.72. The molecule has 0 fully saturated rings. The summed E-state index contributed by atoms with van der Waals surface area (Å²) in [5.41, 5.74) is 1.43. The molecule has 0 amide bonds. The molecule has 0 saturated heterocycles. The van der Waals surface area contributed by atoms with E-state index in [1.807, 2.05) is 0 Å². The van der Waals surface area contributed by atoms with Crippen molar-refractivity contribution < 1.29 is 19.0 Å². The highest BCUT2D eigenvalue weighted by Gasteiger charge is 2.04. The maximum absolute atomic E-state index is 14.2. The molecule has 2 aromatic rings. The second kappa shape index (κ2) is 12.6. The number of carbonyl (C=O) groups is 1. The van der Waals surface area contributed by atoms with E-state index in [4.69, 9.17) is 9.84 Å². The Morgan fingerprint density at radius 1 is 0.897 bits per heavy atom. The Morgan fingerprint density at radius 3 is 2.10 bits per heavy atom. The maximum atomic E-state index is 14.2. The van der Waals surface area contributed by atoms with E-state index in [1.165, 1.54) is 56.7 Å². The smallest absolute Gasteiger partial charge is 0.335 e. The van der Waals surface area contributed by atoms with Crippen LogP contribution in [0.5, 0.6) is 5.75 Å². The van der Waals surface area contributed by atoms with E-state index in [2.05, 4.69) is 18.8 Å². The minimum atomic E-state index is -0.978. The monoisotopic (exact) mass is 396 g/mol. The molecule has 1 N–H and O–H groups in total. The first-order valence-corrected chi connectivity index (χ1v) is 10.4. The Kier molecular flexibility index (Phi) is 9.78. The van der Waals surface area contributed by atoms with Gasteiger partial charge in [0.1, 0.15) is 0 Å². The van der Waals surface area contributed by atoms with Gasteiger partial charge >= 0.3 is 5.97 Å². The van der Waals surface area contributed by atoms with Gasteiger partial charge in [-0.3, -0.25) is 0 Å². The maximum Gasteiger partial charge on any atom is 0.335 e. The molecule has 0 saturated carbocycles. The number of carboxylic acid groups (broad SMARTS) is 1. The number of aromatic carboxylic acids is 1. The number of unbranched alkanes of at least 4 members (excludes halogenated alkanes) is 7. The summed E-state index contributed by atoms with van der Waals surface area (Å²) >= 11 is 0. The first-order chi connectivity index (χ1) is 14.1. The number of halogens is 1. The SMILES string of the molecule is CCCCCCCCCCOc1ccc(C#Cc2ccc(C(=O)O)cc2)cc1F. The van der Waals surface area contributed by atoms with E-state index in [9.17, 15) is 9.18 Å². The van der Waals surface area contributed by atoms with Crippen molar-refractivity contribution >= 4 is 5.97 Å². The van der Waals surface area contributed by atoms with Crippen LogP contribution in [0.4, 0.5) is 4.39 Å². The average molecular weight is 397 g/mol. The number of ether oxygens (including phenoxy) is 1. The van der Waals surface area contributed by atoms with Crippen LogP contribution in [-0.2, 0) is 0 Å². The molecule has 0 aliphatic carbocycles. The fourth-order valence-corrected chi connectivity index (χ4v) is 2.95. The van der Waals surface area contributed by atoms with Crippen molar-refractivity contribution in [2.24, 2.45) is 0 Å². The van der Waals surface area contributed by atoms with E-state index in [1.54, 1.807) is 24.3 Å². The zero-order valence-electron chi connectivity index (χ0n) is 17.0. The first kappa shape index (κ1) is 22.5. The summed E-state index contributed by atoms with van der Waals surface area (Å²) in [6.07, 6.45) is 9.72. The van der Waals surface area contributed by atoms with Gasteiger partial charge in [-0.1, -0.05) is 63.7 Å². The first-order valence-electron chi connectivity index (χ1n) is 10.4. The molecule has 0 bridgehead atoms. The number of benzene rings is 2. The van der Waals surface area contributed by atoms with Crippen LogP contribution >= 0.6 is 0 Å². The molecule has 0 radical (unpaired) electrons. The topological polar surface area (TPSA) is 46.5 Å². The molecule has 0 spiro atoms. The molecule has 154 valence electrons. The van der Waals surface area contributed by atoms with E-state index in [0.717, 1.165) is 12.8 Å². The molecule has 0 heterocycles. The molecule has 29 heavy (non-hydrogen) atoms. The molecule has 2 rings (SSSR count). The molecule has 0 aliphatic rings. The van der Waals surface area contributed by atoms with Gasteiger partial charge in [0.25, 0.3) is 0 Å². The van der Waals surface area contributed by atoms with E-state index < -0.39 is 11.8 Å². The van der Waals surface area contributed by atoms with Crippen molar-refractivity contribution in [1.82, 2.24) is 0 Å². The highest BCUT2D eigenvalue weighted by molar-refractivity contribution is 5.87. The second-order valence-corrected chi connectivity index (χ2v) is 7.10. The summed E-state index contributed by atoms with van der Waals surface area (Å²) in [7, 11) is 0. The van der Waals surface area contributed by atoms with Gasteiger partial charge in [-0.25, -0.2) is 9.18 Å². The van der Waals surface area contributed by atoms with Crippen LogP contribution in [-0.4, -0.2) is 17.7 Å². The van der Waals surface area contributed by atoms with Gasteiger partial charge in [0.05, 0.1) is 12.2 Å². The summed E-state index contributed by atoms with van der Waals surface area (Å²) in [5.74, 6) is 4.65. The summed E-state index contributed by atoms with van der Waals surface area (Å²) < 4.78 is 19.8. The molecule has 0 aliphatic heterocycles. The van der Waals surface area contributed by atoms with E-state index in [0.29, 0.717) is 17.7 Å². The minimum Gasteiger partial charge on any atom is -0.491 e. The van der Waals surface area contributed by atoms with Crippen LogP contribution in [0, 0.1) is 17.7 Å². The predicted octanol–water partition coefficient (Wildman–Crippen LogP) is 6.44. The third-order valence-electron chi connectivity index (χ3n) is 4.67. The quantitative estimate of drug-likeness (QED) is 0.351. The summed E-state index contributed by atoms with van der Waals surface area (Å²) in [5, 5.41) is 8.89. The van der Waals surface area contributed by atoms with Gasteiger partial charge < -0.3 is 9.84 Å². The lowest BCUT2D eigenvalue weighted by molar-refractivity contribution is 0.0697. The number of carboxylic acids is 1. The number of rotatable bonds is 11. The van der Waals surface area contributed by atoms with Gasteiger partial charge in [0.2, 0.25) is 0 Å². The largest absolute Gasteiger partial charge is 0.491 e. The van der Waals surface area contributed by atoms with Crippen molar-refractivity contribution in [3.63, 3.8) is 0 Å². The van der Waals surface area contributed by atoms with Gasteiger partial charge in [-0.2, -0.15) is 0 Å². The summed E-state index contributed by atoms with van der Waals surface area (Å²) in [4.78, 5) is 10.8. The van der Waals surface area contributed by atoms with E-state index >= 15 is 0 Å². The van der Waals surface area contributed by atoms with Crippen LogP contribution in [0.25, 0.3) is 0 Å². The number of hydrogen-bond donors (Lipinski definition) is 1. The molecule has 2 aromatic carbocycles. The molecular formula is C25H29FO3. The van der Waals surface area contributed by atoms with Crippen LogP contribution in [0.3, 0.4) is 0 Å². The summed E-state index contributed by atoms with van der Waals surface area (Å²) in [6, 6.07) is 11.0. The second-order valence-electron chi connectivity index (χ2n) is 7.10. The minimum absolute atomic E-state index is 0.208. The highest BCUT2D eigenvalue weighted by atomic mass is 19.1. The molecular weight excluding hydrogens is 367 g/mol. The third kappa shape index (κ3) is 8.39. The zero-order valence-corrected chi connectivity index (χ0v) is 17.0. The Balaban J connectivity index is 1.76. The molecule has 0 atom stereocenters. The Labute approximate surface area is 172 Å². The lowest BCUT2D eigenvalue weighted by Gasteiger charge is -2.07. The molecule has 4 heteroatoms. The predicted molar refractivity (Wildman–Crippen MR) is 114 cm³/mol. The van der Waals surface area contributed by atoms with E-state index in [-0.39, 0.29) is 11.3 Å². The van der Waals surface area contributed by atoms with Gasteiger partial charge in [0.15, 0.2) is 11.6 Å². The lowest BCUT2D eigenvalue weighted by Crippen LogP contribution is -1.99. The van der Waals surface area contributed by atoms with Crippen LogP contribution in [0.2, 0.25) is 0 Å². The highest BCUT2D eigenvalue weighted by Crippen LogP contribution is 2.19. The normalized spacial score (nSPS) is 10.3. The summed E-state index contributed by atoms with van der Waals surface area (Å²) in [6.45, 7) is 2.74. The van der Waals surface area contributed by atoms with Crippen LogP contribution in [0.1, 0.15) is 79.8 Å². The van der Waals surface area contributed by atoms with Crippen molar-refractivity contribution in [1.29, 1.82) is 0 Å². The fraction of sp³-hybridized carbons (Fsp3) is 0.400. The van der Waals surface area contributed by atoms with Crippen molar-refractivity contribution in [2.75, 3.05) is 6.61 Å². The Bertz CT molecular complexity index is 831. The van der Waals surface area contributed by atoms with Crippen molar-refractivity contribution in [3.8, 4) is 17.6 Å². The lowest BCUT2D eigenvalue weighted by atomic mass is 10.1. The van der Waals surface area contributed by atoms with Gasteiger partial charge in [0, 0.05) is 11.1 Å². The van der Waals surface area contributed by atoms with Gasteiger partial charge in [-0.15, -0.1) is 0 Å². The molecule has 0 aromatic heterocycles. The molecule has 0 unspecified atom stereocenters. The van der Waals surface area contributed by atoms with Crippen molar-refractivity contribution in [3.05, 3.63) is 65.0 Å². The molecule has 3 nitrogen and oxygen atoms in total. The Morgan fingerprint density at radius 2 is 1.48 bits per heavy atom. The van der Waals surface area contributed by atoms with Crippen molar-refractivity contribution in [2.45, 2.75) is 58.3 Å². The van der Waals surface area contributed by atoms with Crippen LogP contribution < -0.4 is 4.74 Å². The Hall–Kier alpha value is -2.80.